The third-order valence-electron chi connectivity index (χ3n) is 4.58. The fourth-order valence-electron chi connectivity index (χ4n) is 2.76. The van der Waals surface area contributed by atoms with Crippen LogP contribution in [0.4, 0.5) is 4.79 Å². The van der Waals surface area contributed by atoms with Crippen molar-refractivity contribution in [1.82, 2.24) is 15.1 Å². The summed E-state index contributed by atoms with van der Waals surface area (Å²) < 4.78 is 11.2. The molecule has 6 heteroatoms. The molecule has 1 saturated heterocycles. The van der Waals surface area contributed by atoms with Gasteiger partial charge >= 0.3 is 6.03 Å². The lowest BCUT2D eigenvalue weighted by Crippen LogP contribution is -2.59. The van der Waals surface area contributed by atoms with E-state index in [0.717, 1.165) is 18.7 Å². The average molecular weight is 335 g/mol. The predicted molar refractivity (Wildman–Crippen MR) is 94.8 cm³/mol. The number of rotatable bonds is 8. The predicted octanol–water partition coefficient (Wildman–Crippen LogP) is 2.20. The topological polar surface area (TPSA) is 54.0 Å². The fraction of sp³-hybridized carbons (Fsp3) is 0.611. The molecular weight excluding hydrogens is 306 g/mol. The van der Waals surface area contributed by atoms with Crippen LogP contribution >= 0.6 is 0 Å². The van der Waals surface area contributed by atoms with E-state index < -0.39 is 0 Å². The minimum Gasteiger partial charge on any atom is -0.493 e. The Hall–Kier alpha value is -1.95. The number of nitrogens with one attached hydrogen (secondary N) is 1. The van der Waals surface area contributed by atoms with E-state index in [0.29, 0.717) is 31.4 Å². The van der Waals surface area contributed by atoms with Crippen LogP contribution < -0.4 is 14.8 Å². The summed E-state index contributed by atoms with van der Waals surface area (Å²) in [5.41, 5.74) is 0. The number of likely N-dealkylation sites (N-methyl/N-ethyl adjacent to an activating group) is 1. The smallest absolute Gasteiger partial charge is 0.317 e. The van der Waals surface area contributed by atoms with E-state index in [2.05, 4.69) is 31.1 Å². The Morgan fingerprint density at radius 3 is 2.58 bits per heavy atom. The van der Waals surface area contributed by atoms with Crippen molar-refractivity contribution in [3.05, 3.63) is 24.3 Å². The minimum atomic E-state index is -0.0159. The normalized spacial score (nSPS) is 15.8. The number of hydrogen-bond donors (Lipinski definition) is 1. The molecule has 0 saturated carbocycles. The lowest BCUT2D eigenvalue weighted by Gasteiger charge is -2.39. The molecule has 0 aliphatic carbocycles. The molecule has 2 rings (SSSR count). The zero-order valence-electron chi connectivity index (χ0n) is 15.1. The molecule has 0 unspecified atom stereocenters. The van der Waals surface area contributed by atoms with E-state index in [-0.39, 0.29) is 12.1 Å². The molecule has 6 nitrogen and oxygen atoms in total. The zero-order chi connectivity index (χ0) is 17.5. The van der Waals surface area contributed by atoms with Crippen molar-refractivity contribution in [3.63, 3.8) is 0 Å². The first kappa shape index (κ1) is 18.4. The number of likely N-dealkylation sites (tertiary alicyclic amines) is 1. The minimum absolute atomic E-state index is 0.0159. The van der Waals surface area contributed by atoms with Gasteiger partial charge in [0.05, 0.1) is 20.2 Å². The maximum atomic E-state index is 12.2. The monoisotopic (exact) mass is 335 g/mol. The van der Waals surface area contributed by atoms with E-state index in [1.54, 1.807) is 12.0 Å². The third kappa shape index (κ3) is 4.54. The molecule has 1 heterocycles. The number of ether oxygens (including phenoxy) is 2. The summed E-state index contributed by atoms with van der Waals surface area (Å²) in [5.74, 6) is 1.44. The summed E-state index contributed by atoms with van der Waals surface area (Å²) in [6.45, 7) is 7.12. The molecule has 2 amide bonds. The van der Waals surface area contributed by atoms with Crippen molar-refractivity contribution < 1.29 is 14.3 Å². The summed E-state index contributed by atoms with van der Waals surface area (Å²) in [5, 5.41) is 3.02. The second-order valence-corrected chi connectivity index (χ2v) is 6.12. The first-order chi connectivity index (χ1) is 11.6. The Kier molecular flexibility index (Phi) is 6.73. The molecule has 1 fully saturated rings. The van der Waals surface area contributed by atoms with Crippen LogP contribution in [0.25, 0.3) is 0 Å². The number of carbonyl (C=O) groups excluding carboxylic acids is 1. The number of urea groups is 1. The Balaban J connectivity index is 1.74. The van der Waals surface area contributed by atoms with E-state index >= 15 is 0 Å². The molecule has 1 atom stereocenters. The van der Waals surface area contributed by atoms with E-state index in [4.69, 9.17) is 9.47 Å². The third-order valence-corrected chi connectivity index (χ3v) is 4.58. The maximum absolute atomic E-state index is 12.2. The molecular formula is C18H29N3O3. The summed E-state index contributed by atoms with van der Waals surface area (Å²) in [4.78, 5) is 16.2. The van der Waals surface area contributed by atoms with Crippen LogP contribution in [0.15, 0.2) is 24.3 Å². The lowest BCUT2D eigenvalue weighted by atomic mass is 10.1. The van der Waals surface area contributed by atoms with Crippen LogP contribution in [0.1, 0.15) is 20.3 Å². The van der Waals surface area contributed by atoms with Crippen molar-refractivity contribution in [2.75, 3.05) is 40.3 Å². The van der Waals surface area contributed by atoms with Gasteiger partial charge in [0.15, 0.2) is 11.5 Å². The molecule has 0 aromatic heterocycles. The van der Waals surface area contributed by atoms with Crippen molar-refractivity contribution in [3.8, 4) is 11.5 Å². The maximum Gasteiger partial charge on any atom is 0.317 e. The van der Waals surface area contributed by atoms with Crippen LogP contribution in [-0.2, 0) is 0 Å². The summed E-state index contributed by atoms with van der Waals surface area (Å²) in [7, 11) is 3.71. The van der Waals surface area contributed by atoms with Gasteiger partial charge in [-0.15, -0.1) is 0 Å². The van der Waals surface area contributed by atoms with Crippen molar-refractivity contribution in [2.45, 2.75) is 32.4 Å². The van der Waals surface area contributed by atoms with Gasteiger partial charge in [0.2, 0.25) is 0 Å². The molecule has 1 aliphatic rings. The lowest BCUT2D eigenvalue weighted by molar-refractivity contribution is 0.0421. The first-order valence-corrected chi connectivity index (χ1v) is 8.61. The van der Waals surface area contributed by atoms with E-state index in [1.807, 2.05) is 24.3 Å². The Morgan fingerprint density at radius 2 is 2.00 bits per heavy atom. The molecule has 0 spiro atoms. The highest BCUT2D eigenvalue weighted by atomic mass is 16.5. The number of nitrogens with zero attached hydrogens (tertiary/aromatic N) is 2. The molecule has 24 heavy (non-hydrogen) atoms. The Bertz CT molecular complexity index is 532. The van der Waals surface area contributed by atoms with Gasteiger partial charge in [-0.2, -0.15) is 0 Å². The number of benzene rings is 1. The molecule has 1 aromatic carbocycles. The molecule has 1 N–H and O–H groups in total. The summed E-state index contributed by atoms with van der Waals surface area (Å²) in [6.07, 6.45) is 1.04. The number of carbonyl (C=O) groups is 1. The first-order valence-electron chi connectivity index (χ1n) is 8.61. The standard InChI is InChI=1S/C18H29N3O3/c1-5-14(20(3)6-2)11-19-18(22)21-12-15(13-21)24-17-10-8-7-9-16(17)23-4/h7-10,14-15H,5-6,11-13H2,1-4H3,(H,19,22)/t14-/m0/s1. The summed E-state index contributed by atoms with van der Waals surface area (Å²) in [6, 6.07) is 7.93. The van der Waals surface area contributed by atoms with Gasteiger partial charge in [0, 0.05) is 12.6 Å². The largest absolute Gasteiger partial charge is 0.493 e. The number of amides is 2. The number of hydrogen-bond acceptors (Lipinski definition) is 4. The fourth-order valence-corrected chi connectivity index (χ4v) is 2.76. The Labute approximate surface area is 144 Å². The van der Waals surface area contributed by atoms with Gasteiger partial charge in [-0.25, -0.2) is 4.79 Å². The molecule has 1 aliphatic heterocycles. The number of para-hydroxylation sites is 2. The van der Waals surface area contributed by atoms with Crippen molar-refractivity contribution >= 4 is 6.03 Å². The average Bonchev–Trinajstić information content (AvgIpc) is 2.57. The quantitative estimate of drug-likeness (QED) is 0.791. The highest BCUT2D eigenvalue weighted by Crippen LogP contribution is 2.28. The molecule has 0 radical (unpaired) electrons. The molecule has 1 aromatic rings. The van der Waals surface area contributed by atoms with Crippen LogP contribution in [0.5, 0.6) is 11.5 Å². The van der Waals surface area contributed by atoms with E-state index in [1.165, 1.54) is 0 Å². The highest BCUT2D eigenvalue weighted by molar-refractivity contribution is 5.75. The molecule has 134 valence electrons. The van der Waals surface area contributed by atoms with Gasteiger partial charge in [0.25, 0.3) is 0 Å². The Morgan fingerprint density at radius 1 is 1.33 bits per heavy atom. The number of methoxy groups -OCH3 is 1. The summed E-state index contributed by atoms with van der Waals surface area (Å²) >= 11 is 0. The second kappa shape index (κ2) is 8.78. The SMILES string of the molecule is CC[C@@H](CNC(=O)N1CC(Oc2ccccc2OC)C1)N(C)CC. The van der Waals surface area contributed by atoms with Crippen LogP contribution in [-0.4, -0.2) is 68.3 Å². The van der Waals surface area contributed by atoms with Crippen LogP contribution in [0, 0.1) is 0 Å². The van der Waals surface area contributed by atoms with Gasteiger partial charge in [-0.1, -0.05) is 26.0 Å². The zero-order valence-corrected chi connectivity index (χ0v) is 15.1. The van der Waals surface area contributed by atoms with Crippen LogP contribution in [0.2, 0.25) is 0 Å². The molecule has 0 bridgehead atoms. The van der Waals surface area contributed by atoms with Gasteiger partial charge < -0.3 is 24.6 Å². The van der Waals surface area contributed by atoms with Gasteiger partial charge in [-0.3, -0.25) is 0 Å². The highest BCUT2D eigenvalue weighted by Gasteiger charge is 2.33. The van der Waals surface area contributed by atoms with Crippen molar-refractivity contribution in [1.29, 1.82) is 0 Å². The van der Waals surface area contributed by atoms with Gasteiger partial charge in [-0.05, 0) is 32.1 Å². The van der Waals surface area contributed by atoms with Crippen LogP contribution in [0.3, 0.4) is 0 Å². The second-order valence-electron chi connectivity index (χ2n) is 6.12. The van der Waals surface area contributed by atoms with Gasteiger partial charge in [0.1, 0.15) is 6.10 Å². The van der Waals surface area contributed by atoms with Crippen molar-refractivity contribution in [2.24, 2.45) is 0 Å². The van der Waals surface area contributed by atoms with E-state index in [9.17, 15) is 4.79 Å².